The van der Waals surface area contributed by atoms with Gasteiger partial charge in [-0.15, -0.1) is 0 Å². The van der Waals surface area contributed by atoms with Gasteiger partial charge in [-0.2, -0.15) is 0 Å². The van der Waals surface area contributed by atoms with Crippen molar-refractivity contribution in [1.82, 2.24) is 4.57 Å². The zero-order chi connectivity index (χ0) is 19.8. The lowest BCUT2D eigenvalue weighted by molar-refractivity contribution is 0.104. The Kier molecular flexibility index (Phi) is 4.41. The summed E-state index contributed by atoms with van der Waals surface area (Å²) in [7, 11) is 0. The Morgan fingerprint density at radius 3 is 2.54 bits per heavy atom. The van der Waals surface area contributed by atoms with Crippen molar-refractivity contribution in [2.45, 2.75) is 13.0 Å². The van der Waals surface area contributed by atoms with E-state index in [1.54, 1.807) is 28.8 Å². The van der Waals surface area contributed by atoms with Gasteiger partial charge in [0.15, 0.2) is 5.78 Å². The molecule has 0 saturated carbocycles. The van der Waals surface area contributed by atoms with Crippen LogP contribution in [0.1, 0.15) is 27.9 Å². The number of hydrogen-bond donors (Lipinski definition) is 3. The van der Waals surface area contributed by atoms with Gasteiger partial charge in [0, 0.05) is 34.0 Å². The molecule has 1 aliphatic carbocycles. The van der Waals surface area contributed by atoms with E-state index in [1.165, 1.54) is 12.3 Å². The molecule has 5 N–H and O–H groups in total. The molecular formula is C22H20N4O2. The fourth-order valence-electron chi connectivity index (χ4n) is 3.80. The Bertz CT molecular complexity index is 1220. The second kappa shape index (κ2) is 6.90. The van der Waals surface area contributed by atoms with E-state index in [4.69, 9.17) is 16.9 Å². The summed E-state index contributed by atoms with van der Waals surface area (Å²) in [4.78, 5) is 26.5. The summed E-state index contributed by atoms with van der Waals surface area (Å²) in [6, 6.07) is 12.5. The molecule has 0 saturated heterocycles. The zero-order valence-electron chi connectivity index (χ0n) is 15.2. The SMILES string of the molecule is N=C(C=CN)c1ccc2c(=O)n(CCCN)c3c(c2c1)C(=O)c1ccccc1-3. The van der Waals surface area contributed by atoms with Crippen LogP contribution in [0.5, 0.6) is 0 Å². The van der Waals surface area contributed by atoms with Gasteiger partial charge in [-0.3, -0.25) is 9.59 Å². The molecule has 0 amide bonds. The van der Waals surface area contributed by atoms with E-state index in [2.05, 4.69) is 0 Å². The highest BCUT2D eigenvalue weighted by Gasteiger charge is 2.32. The third kappa shape index (κ3) is 2.58. The van der Waals surface area contributed by atoms with Gasteiger partial charge >= 0.3 is 0 Å². The second-order valence-electron chi connectivity index (χ2n) is 6.73. The van der Waals surface area contributed by atoms with Crippen molar-refractivity contribution >= 4 is 22.3 Å². The van der Waals surface area contributed by atoms with Crippen LogP contribution >= 0.6 is 0 Å². The minimum Gasteiger partial charge on any atom is -0.405 e. The van der Waals surface area contributed by atoms with Gasteiger partial charge in [0.1, 0.15) is 0 Å². The van der Waals surface area contributed by atoms with Gasteiger partial charge in [-0.05, 0) is 37.4 Å². The molecule has 1 aliphatic rings. The summed E-state index contributed by atoms with van der Waals surface area (Å²) in [6.45, 7) is 0.902. The molecule has 0 radical (unpaired) electrons. The Morgan fingerprint density at radius 2 is 1.82 bits per heavy atom. The molecule has 0 spiro atoms. The van der Waals surface area contributed by atoms with Gasteiger partial charge < -0.3 is 21.4 Å². The number of carbonyl (C=O) groups is 1. The van der Waals surface area contributed by atoms with Gasteiger partial charge in [0.2, 0.25) is 0 Å². The number of allylic oxidation sites excluding steroid dienone is 1. The largest absolute Gasteiger partial charge is 0.405 e. The third-order valence-corrected chi connectivity index (χ3v) is 5.08. The third-order valence-electron chi connectivity index (χ3n) is 5.08. The maximum absolute atomic E-state index is 13.2. The van der Waals surface area contributed by atoms with Crippen LogP contribution in [0.2, 0.25) is 0 Å². The number of aromatic nitrogens is 1. The number of carbonyl (C=O) groups excluding carboxylic acids is 1. The van der Waals surface area contributed by atoms with Crippen molar-refractivity contribution in [1.29, 1.82) is 5.41 Å². The van der Waals surface area contributed by atoms with Crippen LogP contribution in [0.15, 0.2) is 59.5 Å². The first-order chi connectivity index (χ1) is 13.6. The lowest BCUT2D eigenvalue weighted by Gasteiger charge is -2.15. The fraction of sp³-hybridized carbons (Fsp3) is 0.136. The summed E-state index contributed by atoms with van der Waals surface area (Å²) in [5.74, 6) is -0.102. The Morgan fingerprint density at radius 1 is 1.07 bits per heavy atom. The molecule has 2 aromatic carbocycles. The molecule has 1 heterocycles. The molecule has 3 aromatic rings. The van der Waals surface area contributed by atoms with E-state index in [0.717, 1.165) is 5.56 Å². The summed E-state index contributed by atoms with van der Waals surface area (Å²) in [6.07, 6.45) is 3.40. The average Bonchev–Trinajstić information content (AvgIpc) is 3.01. The van der Waals surface area contributed by atoms with Crippen LogP contribution in [-0.4, -0.2) is 22.6 Å². The summed E-state index contributed by atoms with van der Waals surface area (Å²) >= 11 is 0. The number of rotatable bonds is 5. The first-order valence-corrected chi connectivity index (χ1v) is 9.10. The molecule has 0 fully saturated rings. The second-order valence-corrected chi connectivity index (χ2v) is 6.73. The highest BCUT2D eigenvalue weighted by Crippen LogP contribution is 2.39. The molecule has 0 atom stereocenters. The number of nitrogens with one attached hydrogen (secondary N) is 1. The van der Waals surface area contributed by atoms with Crippen molar-refractivity contribution in [2.75, 3.05) is 6.54 Å². The lowest BCUT2D eigenvalue weighted by atomic mass is 9.98. The van der Waals surface area contributed by atoms with Crippen LogP contribution in [0.25, 0.3) is 22.0 Å². The molecule has 1 aromatic heterocycles. The molecule has 0 bridgehead atoms. The van der Waals surface area contributed by atoms with Crippen molar-refractivity contribution in [3.05, 3.63) is 81.8 Å². The Hall–Kier alpha value is -3.51. The first kappa shape index (κ1) is 17.9. The first-order valence-electron chi connectivity index (χ1n) is 9.10. The Balaban J connectivity index is 2.10. The van der Waals surface area contributed by atoms with Gasteiger partial charge in [-0.25, -0.2) is 0 Å². The standard InChI is InChI=1S/C22H20N4O2/c23-9-3-11-26-20-14-4-1-2-5-15(14)21(27)19(20)17-12-13(18(25)8-10-24)6-7-16(17)22(26)28/h1-2,4-8,10,12,25H,3,9,11,23-24H2. The van der Waals surface area contributed by atoms with Crippen LogP contribution in [0, 0.1) is 5.41 Å². The lowest BCUT2D eigenvalue weighted by Crippen LogP contribution is -2.24. The van der Waals surface area contributed by atoms with E-state index >= 15 is 0 Å². The molecule has 4 rings (SSSR count). The summed E-state index contributed by atoms with van der Waals surface area (Å²) in [5.41, 5.74) is 14.2. The van der Waals surface area contributed by atoms with Crippen molar-refractivity contribution in [3.63, 3.8) is 0 Å². The number of hydrogen-bond acceptors (Lipinski definition) is 5. The van der Waals surface area contributed by atoms with Crippen molar-refractivity contribution in [3.8, 4) is 11.3 Å². The van der Waals surface area contributed by atoms with E-state index in [9.17, 15) is 9.59 Å². The summed E-state index contributed by atoms with van der Waals surface area (Å²) < 4.78 is 1.67. The minimum atomic E-state index is -0.154. The van der Waals surface area contributed by atoms with E-state index in [1.807, 2.05) is 18.2 Å². The smallest absolute Gasteiger partial charge is 0.258 e. The number of nitrogens with zero attached hydrogens (tertiary/aromatic N) is 1. The highest BCUT2D eigenvalue weighted by molar-refractivity contribution is 6.27. The Labute approximate surface area is 161 Å². The van der Waals surface area contributed by atoms with Crippen LogP contribution in [-0.2, 0) is 6.54 Å². The molecule has 140 valence electrons. The van der Waals surface area contributed by atoms with Gasteiger partial charge in [-0.1, -0.05) is 30.3 Å². The molecule has 0 unspecified atom stereocenters. The normalized spacial score (nSPS) is 12.5. The van der Waals surface area contributed by atoms with Crippen LogP contribution in [0.3, 0.4) is 0 Å². The topological polar surface area (TPSA) is 115 Å². The predicted octanol–water partition coefficient (Wildman–Crippen LogP) is 2.40. The number of pyridine rings is 1. The monoisotopic (exact) mass is 372 g/mol. The number of ketones is 1. The van der Waals surface area contributed by atoms with E-state index in [0.29, 0.717) is 52.7 Å². The van der Waals surface area contributed by atoms with Crippen molar-refractivity contribution < 1.29 is 4.79 Å². The quantitative estimate of drug-likeness (QED) is 0.467. The number of nitrogens with two attached hydrogens (primary N) is 2. The maximum atomic E-state index is 13.2. The summed E-state index contributed by atoms with van der Waals surface area (Å²) in [5, 5.41) is 9.15. The highest BCUT2D eigenvalue weighted by atomic mass is 16.1. The fourth-order valence-corrected chi connectivity index (χ4v) is 3.80. The van der Waals surface area contributed by atoms with E-state index in [-0.39, 0.29) is 17.1 Å². The number of fused-ring (bicyclic) bond motifs is 5. The average molecular weight is 372 g/mol. The van der Waals surface area contributed by atoms with E-state index < -0.39 is 0 Å². The molecule has 0 aliphatic heterocycles. The van der Waals surface area contributed by atoms with Crippen LogP contribution in [0.4, 0.5) is 0 Å². The van der Waals surface area contributed by atoms with Gasteiger partial charge in [0.25, 0.3) is 5.56 Å². The zero-order valence-corrected chi connectivity index (χ0v) is 15.2. The van der Waals surface area contributed by atoms with Crippen molar-refractivity contribution in [2.24, 2.45) is 11.5 Å². The predicted molar refractivity (Wildman–Crippen MR) is 111 cm³/mol. The molecule has 6 heteroatoms. The molecular weight excluding hydrogens is 352 g/mol. The number of benzene rings is 2. The minimum absolute atomic E-state index is 0.102. The van der Waals surface area contributed by atoms with Crippen LogP contribution < -0.4 is 17.0 Å². The molecule has 6 nitrogen and oxygen atoms in total. The molecule has 28 heavy (non-hydrogen) atoms. The maximum Gasteiger partial charge on any atom is 0.258 e. The van der Waals surface area contributed by atoms with Gasteiger partial charge in [0.05, 0.1) is 17.0 Å².